The molecule has 84 valence electrons. The molecule has 1 aromatic rings. The lowest BCUT2D eigenvalue weighted by Crippen LogP contribution is -2.28. The van der Waals surface area contributed by atoms with E-state index in [4.69, 9.17) is 5.41 Å². The highest BCUT2D eigenvalue weighted by molar-refractivity contribution is 6.06. The van der Waals surface area contributed by atoms with Gasteiger partial charge >= 0.3 is 0 Å². The quantitative estimate of drug-likeness (QED) is 0.664. The molecule has 0 aliphatic heterocycles. The summed E-state index contributed by atoms with van der Waals surface area (Å²) in [6, 6.07) is 9.33. The van der Waals surface area contributed by atoms with Gasteiger partial charge in [0.1, 0.15) is 5.82 Å². The third-order valence-electron chi connectivity index (χ3n) is 1.95. The second-order valence-corrected chi connectivity index (χ2v) is 3.27. The third-order valence-corrected chi connectivity index (χ3v) is 1.95. The first kappa shape index (κ1) is 12.0. The van der Waals surface area contributed by atoms with E-state index in [1.165, 1.54) is 6.92 Å². The van der Waals surface area contributed by atoms with Crippen molar-refractivity contribution in [2.45, 2.75) is 6.92 Å². The molecule has 1 rings (SSSR count). The Kier molecular flexibility index (Phi) is 4.27. The van der Waals surface area contributed by atoms with Gasteiger partial charge in [-0.25, -0.2) is 0 Å². The molecule has 4 heteroatoms. The largest absolute Gasteiger partial charge is 0.375 e. The van der Waals surface area contributed by atoms with E-state index < -0.39 is 0 Å². The number of rotatable bonds is 4. The Morgan fingerprint density at radius 2 is 1.94 bits per heavy atom. The summed E-state index contributed by atoms with van der Waals surface area (Å²) in [5.41, 5.74) is 1.15. The van der Waals surface area contributed by atoms with E-state index in [9.17, 15) is 4.79 Å². The van der Waals surface area contributed by atoms with Crippen LogP contribution in [0.15, 0.2) is 42.2 Å². The highest BCUT2D eigenvalue weighted by atomic mass is 16.1. The fourth-order valence-electron chi connectivity index (χ4n) is 1.21. The van der Waals surface area contributed by atoms with Crippen LogP contribution < -0.4 is 10.6 Å². The van der Waals surface area contributed by atoms with Gasteiger partial charge in [0.15, 0.2) is 0 Å². The minimum absolute atomic E-state index is 0.165. The molecular weight excluding hydrogens is 202 g/mol. The van der Waals surface area contributed by atoms with Gasteiger partial charge in [0.2, 0.25) is 5.91 Å². The number of carbonyl (C=O) groups is 1. The highest BCUT2D eigenvalue weighted by Gasteiger charge is 2.01. The smallest absolute Gasteiger partial charge is 0.222 e. The molecule has 16 heavy (non-hydrogen) atoms. The molecule has 0 saturated carbocycles. The lowest BCUT2D eigenvalue weighted by molar-refractivity contribution is -0.118. The van der Waals surface area contributed by atoms with Gasteiger partial charge in [-0.3, -0.25) is 4.79 Å². The highest BCUT2D eigenvalue weighted by Crippen LogP contribution is 2.01. The Hall–Kier alpha value is -2.10. The number of amides is 1. The third kappa shape index (κ3) is 3.57. The Bertz CT molecular complexity index is 410. The van der Waals surface area contributed by atoms with Crippen molar-refractivity contribution in [2.75, 3.05) is 7.05 Å². The van der Waals surface area contributed by atoms with Gasteiger partial charge in [-0.05, 0) is 5.56 Å². The normalized spacial score (nSPS) is 10.8. The maximum absolute atomic E-state index is 10.9. The van der Waals surface area contributed by atoms with Gasteiger partial charge in [0, 0.05) is 20.0 Å². The Balaban J connectivity index is 2.82. The SMILES string of the molecule is CN/C(=C\C(=N)c1ccccc1)NC(C)=O. The topological polar surface area (TPSA) is 65.0 Å². The van der Waals surface area contributed by atoms with Gasteiger partial charge in [0.25, 0.3) is 0 Å². The monoisotopic (exact) mass is 217 g/mol. The van der Waals surface area contributed by atoms with E-state index in [2.05, 4.69) is 10.6 Å². The van der Waals surface area contributed by atoms with Gasteiger partial charge < -0.3 is 16.0 Å². The van der Waals surface area contributed by atoms with Crippen LogP contribution in [0, 0.1) is 5.41 Å². The molecule has 0 heterocycles. The van der Waals surface area contributed by atoms with E-state index in [1.807, 2.05) is 30.3 Å². The lowest BCUT2D eigenvalue weighted by atomic mass is 10.1. The minimum Gasteiger partial charge on any atom is -0.375 e. The van der Waals surface area contributed by atoms with Crippen molar-refractivity contribution in [3.05, 3.63) is 47.8 Å². The van der Waals surface area contributed by atoms with Crippen LogP contribution in [0.3, 0.4) is 0 Å². The number of hydrogen-bond donors (Lipinski definition) is 3. The molecular formula is C12H15N3O. The fourth-order valence-corrected chi connectivity index (χ4v) is 1.21. The van der Waals surface area contributed by atoms with Crippen LogP contribution in [0.25, 0.3) is 0 Å². The molecule has 0 saturated heterocycles. The average molecular weight is 217 g/mol. The van der Waals surface area contributed by atoms with Gasteiger partial charge in [-0.2, -0.15) is 0 Å². The first-order chi connectivity index (χ1) is 7.63. The van der Waals surface area contributed by atoms with Crippen molar-refractivity contribution in [1.29, 1.82) is 5.41 Å². The Morgan fingerprint density at radius 3 is 2.44 bits per heavy atom. The van der Waals surface area contributed by atoms with Crippen LogP contribution in [-0.2, 0) is 4.79 Å². The van der Waals surface area contributed by atoms with Crippen molar-refractivity contribution in [2.24, 2.45) is 0 Å². The maximum Gasteiger partial charge on any atom is 0.222 e. The van der Waals surface area contributed by atoms with Crippen LogP contribution in [-0.4, -0.2) is 18.7 Å². The standard InChI is InChI=1S/C12H15N3O/c1-9(16)15-12(14-2)8-11(13)10-6-4-3-5-7-10/h3-8,13-14H,1-2H3,(H,15,16)/b12-8+,13-11?. The molecule has 1 aromatic carbocycles. The van der Waals surface area contributed by atoms with Crippen molar-refractivity contribution in [3.8, 4) is 0 Å². The van der Waals surface area contributed by atoms with Crippen LogP contribution in [0.2, 0.25) is 0 Å². The summed E-state index contributed by atoms with van der Waals surface area (Å²) in [6.07, 6.45) is 1.58. The zero-order chi connectivity index (χ0) is 12.0. The summed E-state index contributed by atoms with van der Waals surface area (Å²) in [5.74, 6) is 0.350. The molecule has 3 N–H and O–H groups in total. The molecule has 0 radical (unpaired) electrons. The molecule has 1 amide bonds. The second kappa shape index (κ2) is 5.70. The lowest BCUT2D eigenvalue weighted by Gasteiger charge is -2.07. The maximum atomic E-state index is 10.9. The summed E-state index contributed by atoms with van der Waals surface area (Å²) in [7, 11) is 1.69. The molecule has 0 aliphatic carbocycles. The molecule has 0 unspecified atom stereocenters. The molecule has 0 bridgehead atoms. The minimum atomic E-state index is -0.165. The van der Waals surface area contributed by atoms with E-state index in [-0.39, 0.29) is 5.91 Å². The molecule has 0 atom stereocenters. The molecule has 0 aromatic heterocycles. The van der Waals surface area contributed by atoms with Crippen LogP contribution in [0.5, 0.6) is 0 Å². The van der Waals surface area contributed by atoms with Crippen molar-refractivity contribution < 1.29 is 4.79 Å². The Morgan fingerprint density at radius 1 is 1.31 bits per heavy atom. The fraction of sp³-hybridized carbons (Fsp3) is 0.167. The summed E-state index contributed by atoms with van der Waals surface area (Å²) >= 11 is 0. The van der Waals surface area contributed by atoms with Gasteiger partial charge in [-0.1, -0.05) is 30.3 Å². The second-order valence-electron chi connectivity index (χ2n) is 3.27. The zero-order valence-corrected chi connectivity index (χ0v) is 9.37. The molecule has 4 nitrogen and oxygen atoms in total. The van der Waals surface area contributed by atoms with Crippen molar-refractivity contribution >= 4 is 11.6 Å². The van der Waals surface area contributed by atoms with Gasteiger partial charge in [0.05, 0.1) is 5.71 Å². The predicted octanol–water partition coefficient (Wildman–Crippen LogP) is 1.25. The number of hydrogen-bond acceptors (Lipinski definition) is 3. The molecule has 0 aliphatic rings. The van der Waals surface area contributed by atoms with Crippen LogP contribution in [0.1, 0.15) is 12.5 Å². The number of carbonyl (C=O) groups excluding carboxylic acids is 1. The van der Waals surface area contributed by atoms with E-state index >= 15 is 0 Å². The number of nitrogens with one attached hydrogen (secondary N) is 3. The molecule has 0 spiro atoms. The van der Waals surface area contributed by atoms with E-state index in [1.54, 1.807) is 13.1 Å². The predicted molar refractivity (Wildman–Crippen MR) is 64.2 cm³/mol. The van der Waals surface area contributed by atoms with Crippen molar-refractivity contribution in [3.63, 3.8) is 0 Å². The summed E-state index contributed by atoms with van der Waals surface area (Å²) in [4.78, 5) is 10.9. The van der Waals surface area contributed by atoms with E-state index in [0.29, 0.717) is 11.5 Å². The van der Waals surface area contributed by atoms with Crippen LogP contribution in [0.4, 0.5) is 0 Å². The average Bonchev–Trinajstić information content (AvgIpc) is 2.28. The summed E-state index contributed by atoms with van der Waals surface area (Å²) in [6.45, 7) is 1.43. The van der Waals surface area contributed by atoms with Crippen molar-refractivity contribution in [1.82, 2.24) is 10.6 Å². The number of allylic oxidation sites excluding steroid dienone is 1. The first-order valence-corrected chi connectivity index (χ1v) is 4.94. The number of benzene rings is 1. The van der Waals surface area contributed by atoms with Crippen LogP contribution >= 0.6 is 0 Å². The van der Waals surface area contributed by atoms with E-state index in [0.717, 1.165) is 5.56 Å². The Labute approximate surface area is 94.9 Å². The zero-order valence-electron chi connectivity index (χ0n) is 9.37. The summed E-state index contributed by atoms with van der Waals surface area (Å²) < 4.78 is 0. The first-order valence-electron chi connectivity index (χ1n) is 4.94. The van der Waals surface area contributed by atoms with Gasteiger partial charge in [-0.15, -0.1) is 0 Å². The molecule has 0 fully saturated rings. The summed E-state index contributed by atoms with van der Waals surface area (Å²) in [5, 5.41) is 13.3.